The minimum atomic E-state index is -3.52. The summed E-state index contributed by atoms with van der Waals surface area (Å²) in [6.07, 6.45) is 0. The fourth-order valence-corrected chi connectivity index (χ4v) is 3.27. The number of hydrogen-bond donors (Lipinski definition) is 1. The molecule has 1 amide bonds. The van der Waals surface area contributed by atoms with E-state index in [0.29, 0.717) is 17.1 Å². The molecule has 0 aliphatic rings. The second kappa shape index (κ2) is 7.25. The summed E-state index contributed by atoms with van der Waals surface area (Å²) in [4.78, 5) is 12.5. The van der Waals surface area contributed by atoms with E-state index in [0.717, 1.165) is 9.87 Å². The van der Waals surface area contributed by atoms with Crippen LogP contribution in [0, 0.1) is 0 Å². The second-order valence-electron chi connectivity index (χ2n) is 5.97. The number of sulfonamides is 1. The molecule has 9 nitrogen and oxygen atoms in total. The van der Waals surface area contributed by atoms with Gasteiger partial charge in [-0.2, -0.15) is 0 Å². The van der Waals surface area contributed by atoms with E-state index in [2.05, 4.69) is 20.8 Å². The summed E-state index contributed by atoms with van der Waals surface area (Å²) >= 11 is 0. The van der Waals surface area contributed by atoms with Crippen LogP contribution < -0.4 is 5.32 Å². The van der Waals surface area contributed by atoms with Crippen molar-refractivity contribution in [3.63, 3.8) is 0 Å². The van der Waals surface area contributed by atoms with Crippen LogP contribution in [0.5, 0.6) is 0 Å². The molecule has 140 valence electrons. The maximum absolute atomic E-state index is 12.4. The van der Waals surface area contributed by atoms with Crippen LogP contribution in [-0.2, 0) is 17.1 Å². The zero-order valence-electron chi connectivity index (χ0n) is 15.0. The summed E-state index contributed by atoms with van der Waals surface area (Å²) in [7, 11) is 1.13. The first-order chi connectivity index (χ1) is 12.8. The predicted molar refractivity (Wildman–Crippen MR) is 99.5 cm³/mol. The number of hydrogen-bond acceptors (Lipinski definition) is 6. The molecule has 0 bridgehead atoms. The maximum Gasteiger partial charge on any atom is 0.255 e. The lowest BCUT2D eigenvalue weighted by Crippen LogP contribution is -2.22. The average molecular weight is 386 g/mol. The van der Waals surface area contributed by atoms with Gasteiger partial charge in [-0.1, -0.05) is 0 Å². The van der Waals surface area contributed by atoms with Crippen LogP contribution in [0.25, 0.3) is 11.4 Å². The molecule has 0 fully saturated rings. The van der Waals surface area contributed by atoms with E-state index in [1.807, 2.05) is 0 Å². The third kappa shape index (κ3) is 3.86. The Morgan fingerprint density at radius 3 is 2.19 bits per heavy atom. The second-order valence-corrected chi connectivity index (χ2v) is 8.12. The first kappa shape index (κ1) is 18.7. The number of carbonyl (C=O) groups excluding carboxylic acids is 1. The Kier molecular flexibility index (Phi) is 5.02. The van der Waals surface area contributed by atoms with Crippen molar-refractivity contribution in [3.8, 4) is 11.4 Å². The Morgan fingerprint density at radius 1 is 1.04 bits per heavy atom. The van der Waals surface area contributed by atoms with Gasteiger partial charge in [0.25, 0.3) is 5.91 Å². The Bertz CT molecular complexity index is 1060. The highest BCUT2D eigenvalue weighted by atomic mass is 32.2. The summed E-state index contributed by atoms with van der Waals surface area (Å²) in [6, 6.07) is 12.9. The molecule has 1 aromatic heterocycles. The van der Waals surface area contributed by atoms with Gasteiger partial charge in [0.2, 0.25) is 10.0 Å². The number of nitrogens with one attached hydrogen (secondary N) is 1. The Balaban J connectivity index is 1.73. The van der Waals surface area contributed by atoms with Gasteiger partial charge in [0.05, 0.1) is 4.90 Å². The normalized spacial score (nSPS) is 11.6. The smallest absolute Gasteiger partial charge is 0.255 e. The van der Waals surface area contributed by atoms with E-state index in [1.165, 1.54) is 38.4 Å². The van der Waals surface area contributed by atoms with E-state index in [1.54, 1.807) is 36.0 Å². The van der Waals surface area contributed by atoms with Crippen molar-refractivity contribution >= 4 is 21.6 Å². The van der Waals surface area contributed by atoms with Gasteiger partial charge in [-0.25, -0.2) is 17.4 Å². The molecule has 10 heteroatoms. The molecular weight excluding hydrogens is 368 g/mol. The molecule has 0 saturated carbocycles. The van der Waals surface area contributed by atoms with Crippen molar-refractivity contribution in [1.29, 1.82) is 0 Å². The van der Waals surface area contributed by atoms with Gasteiger partial charge in [-0.15, -0.1) is 5.10 Å². The molecule has 1 N–H and O–H groups in total. The lowest BCUT2D eigenvalue weighted by atomic mass is 10.1. The minimum Gasteiger partial charge on any atom is -0.322 e. The molecule has 0 radical (unpaired) electrons. The quantitative estimate of drug-likeness (QED) is 0.709. The number of amides is 1. The topological polar surface area (TPSA) is 110 Å². The van der Waals surface area contributed by atoms with E-state index in [9.17, 15) is 13.2 Å². The molecule has 0 spiro atoms. The number of benzene rings is 2. The molecule has 3 aromatic rings. The van der Waals surface area contributed by atoms with Crippen molar-refractivity contribution in [3.05, 3.63) is 54.1 Å². The largest absolute Gasteiger partial charge is 0.322 e. The van der Waals surface area contributed by atoms with Crippen LogP contribution in [0.4, 0.5) is 5.69 Å². The predicted octanol–water partition coefficient (Wildman–Crippen LogP) is 1.38. The van der Waals surface area contributed by atoms with Gasteiger partial charge < -0.3 is 5.32 Å². The fourth-order valence-electron chi connectivity index (χ4n) is 2.37. The van der Waals surface area contributed by atoms with E-state index >= 15 is 0 Å². The van der Waals surface area contributed by atoms with Gasteiger partial charge in [0, 0.05) is 38.0 Å². The summed E-state index contributed by atoms with van der Waals surface area (Å²) in [5.74, 6) is 0.280. The first-order valence-electron chi connectivity index (χ1n) is 7.96. The Labute approximate surface area is 156 Å². The summed E-state index contributed by atoms with van der Waals surface area (Å²) in [5.41, 5.74) is 1.77. The van der Waals surface area contributed by atoms with Gasteiger partial charge in [-0.05, 0) is 59.0 Å². The highest BCUT2D eigenvalue weighted by molar-refractivity contribution is 7.89. The van der Waals surface area contributed by atoms with Gasteiger partial charge in [0.15, 0.2) is 5.82 Å². The summed E-state index contributed by atoms with van der Waals surface area (Å²) in [5, 5.41) is 14.1. The third-order valence-electron chi connectivity index (χ3n) is 3.92. The zero-order chi connectivity index (χ0) is 19.6. The molecule has 0 aliphatic heterocycles. The van der Waals surface area contributed by atoms with Crippen molar-refractivity contribution < 1.29 is 13.2 Å². The molecule has 2 aromatic carbocycles. The summed E-state index contributed by atoms with van der Waals surface area (Å²) in [6.45, 7) is 0. The molecule has 0 unspecified atom stereocenters. The highest BCUT2D eigenvalue weighted by Gasteiger charge is 2.17. The van der Waals surface area contributed by atoms with Gasteiger partial charge in [-0.3, -0.25) is 4.79 Å². The zero-order valence-corrected chi connectivity index (χ0v) is 15.8. The lowest BCUT2D eigenvalue weighted by molar-refractivity contribution is 0.102. The Morgan fingerprint density at radius 2 is 1.67 bits per heavy atom. The molecule has 3 rings (SSSR count). The SMILES string of the molecule is CN(C)S(=O)(=O)c1ccc(C(=O)Nc2ccc(-c3nnnn3C)cc2)cc1. The number of aromatic nitrogens is 4. The molecule has 27 heavy (non-hydrogen) atoms. The van der Waals surface area contributed by atoms with E-state index in [4.69, 9.17) is 0 Å². The molecule has 0 saturated heterocycles. The van der Waals surface area contributed by atoms with Crippen LogP contribution in [-0.4, -0.2) is 52.9 Å². The number of aryl methyl sites for hydroxylation is 1. The average Bonchev–Trinajstić information content (AvgIpc) is 3.08. The first-order valence-corrected chi connectivity index (χ1v) is 9.40. The standard InChI is InChI=1S/C17H18N6O3S/c1-22(2)27(25,26)15-10-6-13(7-11-15)17(24)18-14-8-4-12(5-9-14)16-19-20-21-23(16)3/h4-11H,1-3H3,(H,18,24). The van der Waals surface area contributed by atoms with Crippen LogP contribution in [0.2, 0.25) is 0 Å². The number of rotatable bonds is 5. The van der Waals surface area contributed by atoms with Crippen LogP contribution in [0.3, 0.4) is 0 Å². The van der Waals surface area contributed by atoms with Crippen LogP contribution in [0.1, 0.15) is 10.4 Å². The molecule has 0 aliphatic carbocycles. The van der Waals surface area contributed by atoms with Gasteiger partial charge >= 0.3 is 0 Å². The molecule has 1 heterocycles. The molecular formula is C17H18N6O3S. The van der Waals surface area contributed by atoms with Crippen LogP contribution >= 0.6 is 0 Å². The third-order valence-corrected chi connectivity index (χ3v) is 5.75. The lowest BCUT2D eigenvalue weighted by Gasteiger charge is -2.11. The number of nitrogens with zero attached hydrogens (tertiary/aromatic N) is 5. The highest BCUT2D eigenvalue weighted by Crippen LogP contribution is 2.19. The maximum atomic E-state index is 12.4. The van der Waals surface area contributed by atoms with E-state index in [-0.39, 0.29) is 10.8 Å². The summed E-state index contributed by atoms with van der Waals surface area (Å²) < 4.78 is 26.8. The van der Waals surface area contributed by atoms with E-state index < -0.39 is 10.0 Å². The number of tetrazole rings is 1. The molecule has 0 atom stereocenters. The van der Waals surface area contributed by atoms with Gasteiger partial charge in [0.1, 0.15) is 0 Å². The van der Waals surface area contributed by atoms with Crippen molar-refractivity contribution in [2.24, 2.45) is 7.05 Å². The Hall–Kier alpha value is -3.11. The van der Waals surface area contributed by atoms with Crippen molar-refractivity contribution in [2.45, 2.75) is 4.90 Å². The monoisotopic (exact) mass is 386 g/mol. The number of anilines is 1. The minimum absolute atomic E-state index is 0.130. The van der Waals surface area contributed by atoms with Crippen molar-refractivity contribution in [2.75, 3.05) is 19.4 Å². The van der Waals surface area contributed by atoms with Crippen molar-refractivity contribution in [1.82, 2.24) is 24.5 Å². The van der Waals surface area contributed by atoms with Crippen LogP contribution in [0.15, 0.2) is 53.4 Å². The fraction of sp³-hybridized carbons (Fsp3) is 0.176. The number of carbonyl (C=O) groups is 1.